The average molecular weight is 266 g/mol. The van der Waals surface area contributed by atoms with Crippen LogP contribution in [0.1, 0.15) is 5.56 Å². The fourth-order valence-corrected chi connectivity index (χ4v) is 2.74. The number of hydrogen-bond acceptors (Lipinski definition) is 4. The van der Waals surface area contributed by atoms with E-state index in [2.05, 4.69) is 9.82 Å². The summed E-state index contributed by atoms with van der Waals surface area (Å²) in [6, 6.07) is 4.81. The fourth-order valence-electron chi connectivity index (χ4n) is 1.60. The molecule has 0 bridgehead atoms. The zero-order valence-corrected chi connectivity index (χ0v) is 10.9. The maximum atomic E-state index is 12.1. The van der Waals surface area contributed by atoms with Crippen molar-refractivity contribution in [3.05, 3.63) is 36.2 Å². The van der Waals surface area contributed by atoms with Gasteiger partial charge in [-0.2, -0.15) is 5.10 Å². The van der Waals surface area contributed by atoms with Gasteiger partial charge in [0.15, 0.2) is 0 Å². The summed E-state index contributed by atoms with van der Waals surface area (Å²) in [5.41, 5.74) is 7.26. The van der Waals surface area contributed by atoms with Crippen molar-refractivity contribution in [3.8, 4) is 0 Å². The monoisotopic (exact) mass is 266 g/mol. The highest BCUT2D eigenvalue weighted by Crippen LogP contribution is 2.22. The molecular formula is C11H14N4O2S. The molecule has 0 fully saturated rings. The lowest BCUT2D eigenvalue weighted by Crippen LogP contribution is -2.14. The Morgan fingerprint density at radius 3 is 2.67 bits per heavy atom. The summed E-state index contributed by atoms with van der Waals surface area (Å²) in [7, 11) is -1.97. The highest BCUT2D eigenvalue weighted by Gasteiger charge is 2.17. The van der Waals surface area contributed by atoms with Gasteiger partial charge in [0.25, 0.3) is 10.0 Å². The van der Waals surface area contributed by atoms with E-state index in [0.717, 1.165) is 5.56 Å². The standard InChI is InChI=1S/C11H14N4O2S/c1-8-3-4-11(10(12)5-8)18(16,17)14-9-6-13-15(2)7-9/h3-7,14H,12H2,1-2H3. The molecule has 18 heavy (non-hydrogen) atoms. The molecular weight excluding hydrogens is 252 g/mol. The Morgan fingerprint density at radius 1 is 1.39 bits per heavy atom. The molecule has 0 aliphatic rings. The van der Waals surface area contributed by atoms with Crippen LogP contribution in [-0.4, -0.2) is 18.2 Å². The number of hydrogen-bond donors (Lipinski definition) is 2. The first-order valence-corrected chi connectivity index (χ1v) is 6.74. The third-order valence-corrected chi connectivity index (χ3v) is 3.87. The summed E-state index contributed by atoms with van der Waals surface area (Å²) < 4.78 is 28.2. The van der Waals surface area contributed by atoms with Gasteiger partial charge < -0.3 is 5.73 Å². The molecule has 2 rings (SSSR count). The van der Waals surface area contributed by atoms with Crippen LogP contribution in [0.5, 0.6) is 0 Å². The zero-order chi connectivity index (χ0) is 13.3. The van der Waals surface area contributed by atoms with Gasteiger partial charge in [-0.05, 0) is 24.6 Å². The molecule has 3 N–H and O–H groups in total. The van der Waals surface area contributed by atoms with Gasteiger partial charge in [0.1, 0.15) is 4.90 Å². The van der Waals surface area contributed by atoms with Crippen molar-refractivity contribution in [2.45, 2.75) is 11.8 Å². The van der Waals surface area contributed by atoms with E-state index >= 15 is 0 Å². The molecule has 0 aliphatic carbocycles. The number of rotatable bonds is 3. The maximum absolute atomic E-state index is 12.1. The van der Waals surface area contributed by atoms with E-state index in [-0.39, 0.29) is 10.6 Å². The van der Waals surface area contributed by atoms with E-state index in [1.807, 2.05) is 6.92 Å². The maximum Gasteiger partial charge on any atom is 0.264 e. The molecule has 6 nitrogen and oxygen atoms in total. The minimum Gasteiger partial charge on any atom is -0.398 e. The number of sulfonamides is 1. The lowest BCUT2D eigenvalue weighted by atomic mass is 10.2. The molecule has 0 aliphatic heterocycles. The van der Waals surface area contributed by atoms with Gasteiger partial charge >= 0.3 is 0 Å². The topological polar surface area (TPSA) is 90.0 Å². The van der Waals surface area contributed by atoms with Crippen LogP contribution in [0.25, 0.3) is 0 Å². The van der Waals surface area contributed by atoms with Gasteiger partial charge in [-0.1, -0.05) is 6.07 Å². The number of nitrogen functional groups attached to an aromatic ring is 1. The molecule has 96 valence electrons. The van der Waals surface area contributed by atoms with Gasteiger partial charge in [-0.3, -0.25) is 9.40 Å². The Hall–Kier alpha value is -2.02. The lowest BCUT2D eigenvalue weighted by molar-refractivity contribution is 0.601. The Kier molecular flexibility index (Phi) is 3.00. The van der Waals surface area contributed by atoms with Gasteiger partial charge in [-0.15, -0.1) is 0 Å². The number of nitrogens with two attached hydrogens (primary N) is 1. The van der Waals surface area contributed by atoms with Crippen molar-refractivity contribution >= 4 is 21.4 Å². The summed E-state index contributed by atoms with van der Waals surface area (Å²) in [6.07, 6.45) is 3.00. The number of nitrogens with zero attached hydrogens (tertiary/aromatic N) is 2. The average Bonchev–Trinajstić information content (AvgIpc) is 2.62. The second-order valence-electron chi connectivity index (χ2n) is 4.05. The number of aryl methyl sites for hydroxylation is 2. The molecule has 0 atom stereocenters. The Labute approximate surface area is 105 Å². The van der Waals surface area contributed by atoms with E-state index in [9.17, 15) is 8.42 Å². The third-order valence-electron chi connectivity index (χ3n) is 2.41. The van der Waals surface area contributed by atoms with E-state index in [1.165, 1.54) is 16.9 Å². The fraction of sp³-hybridized carbons (Fsp3) is 0.182. The summed E-state index contributed by atoms with van der Waals surface area (Å²) in [5.74, 6) is 0. The minimum absolute atomic E-state index is 0.0666. The first-order chi connectivity index (χ1) is 8.38. The first-order valence-electron chi connectivity index (χ1n) is 5.26. The predicted molar refractivity (Wildman–Crippen MR) is 69.6 cm³/mol. The second kappa shape index (κ2) is 4.34. The van der Waals surface area contributed by atoms with Crippen LogP contribution in [0, 0.1) is 6.92 Å². The highest BCUT2D eigenvalue weighted by molar-refractivity contribution is 7.92. The summed E-state index contributed by atoms with van der Waals surface area (Å²) >= 11 is 0. The van der Waals surface area contributed by atoms with Crippen LogP contribution in [0.15, 0.2) is 35.5 Å². The molecule has 0 amide bonds. The molecule has 0 saturated heterocycles. The number of nitrogens with one attached hydrogen (secondary N) is 1. The van der Waals surface area contributed by atoms with Crippen molar-refractivity contribution in [1.29, 1.82) is 0 Å². The molecule has 1 heterocycles. The molecule has 0 unspecified atom stereocenters. The SMILES string of the molecule is Cc1ccc(S(=O)(=O)Nc2cnn(C)c2)c(N)c1. The Balaban J connectivity index is 2.36. The van der Waals surface area contributed by atoms with Crippen molar-refractivity contribution in [2.75, 3.05) is 10.5 Å². The van der Waals surface area contributed by atoms with Gasteiger partial charge in [0, 0.05) is 13.2 Å². The van der Waals surface area contributed by atoms with E-state index in [4.69, 9.17) is 5.73 Å². The van der Waals surface area contributed by atoms with Crippen LogP contribution in [0.4, 0.5) is 11.4 Å². The van der Waals surface area contributed by atoms with Gasteiger partial charge in [0.05, 0.1) is 17.6 Å². The van der Waals surface area contributed by atoms with E-state index in [1.54, 1.807) is 25.4 Å². The highest BCUT2D eigenvalue weighted by atomic mass is 32.2. The predicted octanol–water partition coefficient (Wildman–Crippen LogP) is 1.11. The Bertz CT molecular complexity index is 676. The quantitative estimate of drug-likeness (QED) is 0.814. The van der Waals surface area contributed by atoms with Crippen LogP contribution >= 0.6 is 0 Å². The largest absolute Gasteiger partial charge is 0.398 e. The van der Waals surface area contributed by atoms with E-state index in [0.29, 0.717) is 5.69 Å². The number of benzene rings is 1. The number of anilines is 2. The minimum atomic E-state index is -3.68. The second-order valence-corrected chi connectivity index (χ2v) is 5.70. The first kappa shape index (κ1) is 12.4. The van der Waals surface area contributed by atoms with Gasteiger partial charge in [-0.25, -0.2) is 8.42 Å². The third kappa shape index (κ3) is 2.45. The summed E-state index contributed by atoms with van der Waals surface area (Å²) in [5, 5.41) is 3.89. The van der Waals surface area contributed by atoms with Crippen LogP contribution in [0.3, 0.4) is 0 Å². The molecule has 1 aromatic carbocycles. The van der Waals surface area contributed by atoms with Crippen molar-refractivity contribution in [3.63, 3.8) is 0 Å². The smallest absolute Gasteiger partial charge is 0.264 e. The molecule has 2 aromatic rings. The van der Waals surface area contributed by atoms with Gasteiger partial charge in [0.2, 0.25) is 0 Å². The van der Waals surface area contributed by atoms with Crippen LogP contribution in [-0.2, 0) is 17.1 Å². The molecule has 0 spiro atoms. The van der Waals surface area contributed by atoms with E-state index < -0.39 is 10.0 Å². The van der Waals surface area contributed by atoms with Crippen molar-refractivity contribution in [1.82, 2.24) is 9.78 Å². The molecule has 0 radical (unpaired) electrons. The number of aromatic nitrogens is 2. The molecule has 7 heteroatoms. The van der Waals surface area contributed by atoms with Crippen molar-refractivity contribution < 1.29 is 8.42 Å². The van der Waals surface area contributed by atoms with Crippen LogP contribution < -0.4 is 10.5 Å². The summed E-state index contributed by atoms with van der Waals surface area (Å²) in [4.78, 5) is 0.0666. The zero-order valence-electron chi connectivity index (χ0n) is 10.1. The summed E-state index contributed by atoms with van der Waals surface area (Å²) in [6.45, 7) is 1.85. The molecule has 0 saturated carbocycles. The van der Waals surface area contributed by atoms with Crippen molar-refractivity contribution in [2.24, 2.45) is 7.05 Å². The lowest BCUT2D eigenvalue weighted by Gasteiger charge is -2.08. The van der Waals surface area contributed by atoms with Crippen LogP contribution in [0.2, 0.25) is 0 Å². The Morgan fingerprint density at radius 2 is 2.11 bits per heavy atom. The normalized spacial score (nSPS) is 11.4. The molecule has 1 aromatic heterocycles.